The Hall–Kier alpha value is -4.51. The lowest BCUT2D eigenvalue weighted by atomic mass is 9.95. The number of carbonyl (C=O) groups is 2. The molecule has 4 aromatic carbocycles. The van der Waals surface area contributed by atoms with Gasteiger partial charge in [0, 0.05) is 16.3 Å². The minimum Gasteiger partial charge on any atom is -0.507 e. The topological polar surface area (TPSA) is 92.6 Å². The highest BCUT2D eigenvalue weighted by Crippen LogP contribution is 2.44. The fourth-order valence-electron chi connectivity index (χ4n) is 4.74. The van der Waals surface area contributed by atoms with Gasteiger partial charge >= 0.3 is 5.91 Å². The second kappa shape index (κ2) is 13.0. The Morgan fingerprint density at radius 3 is 2.48 bits per heavy atom. The maximum absolute atomic E-state index is 13.7. The Morgan fingerprint density at radius 1 is 0.955 bits per heavy atom. The number of ether oxygens (including phenoxy) is 1. The molecule has 2 heterocycles. The van der Waals surface area contributed by atoms with E-state index in [0.29, 0.717) is 33.0 Å². The molecule has 1 saturated heterocycles. The predicted octanol–water partition coefficient (Wildman–Crippen LogP) is 7.83. The van der Waals surface area contributed by atoms with E-state index >= 15 is 0 Å². The highest BCUT2D eigenvalue weighted by atomic mass is 35.5. The minimum atomic E-state index is -1.05. The molecule has 11 heteroatoms. The van der Waals surface area contributed by atoms with Gasteiger partial charge in [-0.1, -0.05) is 95.4 Å². The summed E-state index contributed by atoms with van der Waals surface area (Å²) < 4.78 is 20.3. The monoisotopic (exact) mass is 643 g/mol. The number of thioether (sulfide) groups is 1. The van der Waals surface area contributed by atoms with Crippen molar-refractivity contribution in [3.05, 3.63) is 142 Å². The number of nitrogens with zero attached hydrogens (tertiary/aromatic N) is 3. The molecular formula is C33H23ClFN3O4S2. The second-order valence-corrected chi connectivity index (χ2v) is 12.3. The van der Waals surface area contributed by atoms with Gasteiger partial charge in [-0.05, 0) is 59.2 Å². The molecule has 6 rings (SSSR count). The zero-order valence-electron chi connectivity index (χ0n) is 22.9. The van der Waals surface area contributed by atoms with Crippen LogP contribution < -0.4 is 9.64 Å². The summed E-state index contributed by atoms with van der Waals surface area (Å²) in [5, 5.41) is 20.7. The molecule has 1 fully saturated rings. The quantitative estimate of drug-likeness (QED) is 0.0575. The van der Waals surface area contributed by atoms with E-state index in [1.54, 1.807) is 30.3 Å². The van der Waals surface area contributed by atoms with Gasteiger partial charge in [-0.25, -0.2) is 4.39 Å². The van der Waals surface area contributed by atoms with Gasteiger partial charge in [0.1, 0.15) is 23.9 Å². The van der Waals surface area contributed by atoms with Gasteiger partial charge in [0.2, 0.25) is 5.13 Å². The maximum Gasteiger partial charge on any atom is 0.301 e. The summed E-state index contributed by atoms with van der Waals surface area (Å²) in [5.41, 5.74) is 2.44. The third-order valence-electron chi connectivity index (χ3n) is 6.90. The fraction of sp³-hybridized carbons (Fsp3) is 0.0909. The summed E-state index contributed by atoms with van der Waals surface area (Å²) in [5.74, 6) is -1.66. The van der Waals surface area contributed by atoms with Crippen molar-refractivity contribution >= 4 is 57.3 Å². The van der Waals surface area contributed by atoms with Crippen molar-refractivity contribution in [2.75, 3.05) is 4.90 Å². The first-order valence-corrected chi connectivity index (χ1v) is 15.6. The van der Waals surface area contributed by atoms with Crippen LogP contribution in [0.3, 0.4) is 0 Å². The van der Waals surface area contributed by atoms with E-state index in [0.717, 1.165) is 22.5 Å². The lowest BCUT2D eigenvalue weighted by Gasteiger charge is -2.23. The van der Waals surface area contributed by atoms with Crippen molar-refractivity contribution in [1.82, 2.24) is 10.2 Å². The first-order valence-electron chi connectivity index (χ1n) is 13.4. The molecule has 0 aliphatic carbocycles. The van der Waals surface area contributed by atoms with Gasteiger partial charge in [-0.15, -0.1) is 10.2 Å². The number of carbonyl (C=O) groups excluding carboxylic acids is 2. The summed E-state index contributed by atoms with van der Waals surface area (Å²) in [4.78, 5) is 28.3. The van der Waals surface area contributed by atoms with Crippen molar-refractivity contribution in [2.24, 2.45) is 0 Å². The van der Waals surface area contributed by atoms with E-state index in [9.17, 15) is 19.1 Å². The average molecular weight is 644 g/mol. The summed E-state index contributed by atoms with van der Waals surface area (Å²) in [6, 6.07) is 28.1. The molecule has 1 aromatic heterocycles. The third kappa shape index (κ3) is 6.23. The fourth-order valence-corrected chi connectivity index (χ4v) is 6.89. The number of aromatic nitrogens is 2. The number of hydrogen-bond donors (Lipinski definition) is 1. The van der Waals surface area contributed by atoms with Gasteiger partial charge in [0.15, 0.2) is 4.34 Å². The molecule has 1 amide bonds. The van der Waals surface area contributed by atoms with Crippen LogP contribution in [0.1, 0.15) is 28.3 Å². The number of hydrogen-bond acceptors (Lipinski definition) is 8. The van der Waals surface area contributed by atoms with Crippen LogP contribution >= 0.6 is 34.7 Å². The zero-order valence-corrected chi connectivity index (χ0v) is 25.3. The van der Waals surface area contributed by atoms with Gasteiger partial charge in [-0.3, -0.25) is 14.5 Å². The first-order chi connectivity index (χ1) is 21.4. The average Bonchev–Trinajstić information content (AvgIpc) is 3.62. The number of anilines is 1. The van der Waals surface area contributed by atoms with Crippen LogP contribution in [0.25, 0.3) is 5.76 Å². The molecule has 0 spiro atoms. The Labute approximate surface area is 265 Å². The summed E-state index contributed by atoms with van der Waals surface area (Å²) in [6.07, 6.45) is 0. The second-order valence-electron chi connectivity index (χ2n) is 9.75. The van der Waals surface area contributed by atoms with Gasteiger partial charge in [0.25, 0.3) is 5.78 Å². The Bertz CT molecular complexity index is 1860. The Kier molecular flexibility index (Phi) is 8.74. The van der Waals surface area contributed by atoms with Crippen molar-refractivity contribution in [1.29, 1.82) is 0 Å². The van der Waals surface area contributed by atoms with Crippen molar-refractivity contribution < 1.29 is 23.8 Å². The summed E-state index contributed by atoms with van der Waals surface area (Å²) in [6.45, 7) is 0.308. The lowest BCUT2D eigenvalue weighted by Crippen LogP contribution is -2.29. The number of halogens is 2. The van der Waals surface area contributed by atoms with E-state index in [-0.39, 0.29) is 16.3 Å². The molecule has 0 bridgehead atoms. The number of aliphatic hydroxyl groups excluding tert-OH is 1. The predicted molar refractivity (Wildman–Crippen MR) is 169 cm³/mol. The van der Waals surface area contributed by atoms with Crippen LogP contribution in [0.4, 0.5) is 9.52 Å². The van der Waals surface area contributed by atoms with Crippen LogP contribution in [-0.4, -0.2) is 27.0 Å². The molecule has 1 aliphatic rings. The van der Waals surface area contributed by atoms with Crippen molar-refractivity contribution in [3.63, 3.8) is 0 Å². The van der Waals surface area contributed by atoms with Gasteiger partial charge in [-0.2, -0.15) is 0 Å². The third-order valence-corrected chi connectivity index (χ3v) is 9.37. The molecule has 1 aliphatic heterocycles. The molecular weight excluding hydrogens is 621 g/mol. The molecule has 0 radical (unpaired) electrons. The van der Waals surface area contributed by atoms with Crippen LogP contribution in [0.2, 0.25) is 5.02 Å². The Morgan fingerprint density at radius 2 is 1.70 bits per heavy atom. The van der Waals surface area contributed by atoms with E-state index < -0.39 is 29.3 Å². The normalized spacial score (nSPS) is 16.0. The molecule has 1 atom stereocenters. The molecule has 0 saturated carbocycles. The lowest BCUT2D eigenvalue weighted by molar-refractivity contribution is -0.132. The van der Waals surface area contributed by atoms with Crippen molar-refractivity contribution in [2.45, 2.75) is 22.7 Å². The van der Waals surface area contributed by atoms with Crippen LogP contribution in [0, 0.1) is 5.82 Å². The largest absolute Gasteiger partial charge is 0.507 e. The SMILES string of the molecule is O=C1C(=O)N(c2nnc(SCc3ccccc3Cl)s2)C(c2cccc(OCc3ccccc3)c2)/C1=C(\O)c1ccc(F)cc1. The number of benzene rings is 4. The molecule has 44 heavy (non-hydrogen) atoms. The Balaban J connectivity index is 1.37. The van der Waals surface area contributed by atoms with Crippen LogP contribution in [0.5, 0.6) is 5.75 Å². The van der Waals surface area contributed by atoms with E-state index in [2.05, 4.69) is 10.2 Å². The maximum atomic E-state index is 13.7. The number of Topliss-reactive ketones (excluding diaryl/α,β-unsaturated/α-hetero) is 1. The molecule has 7 nitrogen and oxygen atoms in total. The number of aliphatic hydroxyl groups is 1. The van der Waals surface area contributed by atoms with Gasteiger partial charge in [0.05, 0.1) is 11.6 Å². The van der Waals surface area contributed by atoms with Crippen molar-refractivity contribution in [3.8, 4) is 5.75 Å². The van der Waals surface area contributed by atoms with E-state index in [1.165, 1.54) is 40.9 Å². The number of ketones is 1. The first kappa shape index (κ1) is 29.6. The van der Waals surface area contributed by atoms with E-state index in [1.807, 2.05) is 48.5 Å². The van der Waals surface area contributed by atoms with Crippen LogP contribution in [-0.2, 0) is 21.9 Å². The molecule has 220 valence electrons. The highest BCUT2D eigenvalue weighted by molar-refractivity contribution is 8.00. The smallest absolute Gasteiger partial charge is 0.301 e. The highest BCUT2D eigenvalue weighted by Gasteiger charge is 2.48. The number of rotatable bonds is 9. The van der Waals surface area contributed by atoms with Crippen LogP contribution in [0.15, 0.2) is 113 Å². The van der Waals surface area contributed by atoms with Gasteiger partial charge < -0.3 is 9.84 Å². The zero-order chi connectivity index (χ0) is 30.6. The summed E-state index contributed by atoms with van der Waals surface area (Å²) >= 11 is 8.85. The molecule has 1 unspecified atom stereocenters. The standard InChI is InChI=1S/C33H23ClFN3O4S2/c34-26-12-5-4-9-23(26)19-43-33-37-36-32(44-33)38-28(22-10-6-11-25(17-22)42-18-20-7-2-1-3-8-20)27(30(40)31(38)41)29(39)21-13-15-24(35)16-14-21/h1-17,28,39H,18-19H2/b29-27+. The minimum absolute atomic E-state index is 0.151. The summed E-state index contributed by atoms with van der Waals surface area (Å²) in [7, 11) is 0. The van der Waals surface area contributed by atoms with E-state index in [4.69, 9.17) is 16.3 Å². The number of amides is 1. The molecule has 1 N–H and O–H groups in total. The molecule has 5 aromatic rings.